The van der Waals surface area contributed by atoms with Crippen LogP contribution in [0.2, 0.25) is 0 Å². The van der Waals surface area contributed by atoms with Crippen LogP contribution in [-0.2, 0) is 11.3 Å². The Morgan fingerprint density at radius 3 is 2.80 bits per heavy atom. The number of anilines is 1. The maximum absolute atomic E-state index is 13.7. The average molecular weight is 338 g/mol. The van der Waals surface area contributed by atoms with E-state index in [4.69, 9.17) is 4.74 Å². The Kier molecular flexibility index (Phi) is 4.87. The van der Waals surface area contributed by atoms with Crippen LogP contribution < -0.4 is 5.32 Å². The van der Waals surface area contributed by atoms with Gasteiger partial charge in [0.05, 0.1) is 12.2 Å². The van der Waals surface area contributed by atoms with Gasteiger partial charge in [0, 0.05) is 22.8 Å². The molecule has 0 radical (unpaired) electrons. The van der Waals surface area contributed by atoms with Crippen LogP contribution in [0, 0.1) is 5.82 Å². The van der Waals surface area contributed by atoms with E-state index in [-0.39, 0.29) is 5.56 Å². The quantitative estimate of drug-likeness (QED) is 0.916. The van der Waals surface area contributed by atoms with Crippen molar-refractivity contribution >= 4 is 27.5 Å². The van der Waals surface area contributed by atoms with Crippen LogP contribution in [0.1, 0.15) is 15.9 Å². The summed E-state index contributed by atoms with van der Waals surface area (Å²) in [6, 6.07) is 11.5. The van der Waals surface area contributed by atoms with E-state index in [2.05, 4.69) is 21.2 Å². The van der Waals surface area contributed by atoms with Gasteiger partial charge < -0.3 is 10.1 Å². The number of methoxy groups -OCH3 is 1. The zero-order valence-corrected chi connectivity index (χ0v) is 12.4. The smallest absolute Gasteiger partial charge is 0.258 e. The first-order chi connectivity index (χ1) is 9.61. The summed E-state index contributed by atoms with van der Waals surface area (Å²) in [5.41, 5.74) is 1.43. The lowest BCUT2D eigenvalue weighted by atomic mass is 10.1. The summed E-state index contributed by atoms with van der Waals surface area (Å²) in [5.74, 6) is -1.05. The highest BCUT2D eigenvalue weighted by molar-refractivity contribution is 9.10. The highest BCUT2D eigenvalue weighted by Gasteiger charge is 2.13. The summed E-state index contributed by atoms with van der Waals surface area (Å²) >= 11 is 3.22. The number of rotatable bonds is 4. The van der Waals surface area contributed by atoms with Gasteiger partial charge in [-0.1, -0.05) is 34.1 Å². The van der Waals surface area contributed by atoms with E-state index >= 15 is 0 Å². The molecule has 0 spiro atoms. The van der Waals surface area contributed by atoms with Gasteiger partial charge in [0.2, 0.25) is 0 Å². The monoisotopic (exact) mass is 337 g/mol. The van der Waals surface area contributed by atoms with Gasteiger partial charge >= 0.3 is 0 Å². The lowest BCUT2D eigenvalue weighted by molar-refractivity contribution is 0.102. The van der Waals surface area contributed by atoms with Crippen LogP contribution >= 0.6 is 15.9 Å². The second kappa shape index (κ2) is 6.63. The summed E-state index contributed by atoms with van der Waals surface area (Å²) in [6.45, 7) is 0.372. The van der Waals surface area contributed by atoms with Crippen molar-refractivity contribution in [3.8, 4) is 0 Å². The molecule has 20 heavy (non-hydrogen) atoms. The molecule has 1 N–H and O–H groups in total. The fraction of sp³-hybridized carbons (Fsp3) is 0.133. The molecule has 0 heterocycles. The molecular weight excluding hydrogens is 325 g/mol. The van der Waals surface area contributed by atoms with Crippen LogP contribution in [-0.4, -0.2) is 13.0 Å². The molecule has 0 atom stereocenters. The van der Waals surface area contributed by atoms with Crippen molar-refractivity contribution in [2.24, 2.45) is 0 Å². The number of nitrogens with one attached hydrogen (secondary N) is 1. The summed E-state index contributed by atoms with van der Waals surface area (Å²) in [4.78, 5) is 12.1. The molecule has 0 aromatic heterocycles. The SMILES string of the molecule is COCc1ccccc1NC(=O)c1cc(Br)ccc1F. The van der Waals surface area contributed by atoms with Crippen LogP contribution in [0.15, 0.2) is 46.9 Å². The fourth-order valence-electron chi connectivity index (χ4n) is 1.78. The van der Waals surface area contributed by atoms with E-state index in [9.17, 15) is 9.18 Å². The third-order valence-corrected chi connectivity index (χ3v) is 3.23. The molecule has 3 nitrogen and oxygen atoms in total. The van der Waals surface area contributed by atoms with E-state index in [1.165, 1.54) is 12.1 Å². The van der Waals surface area contributed by atoms with Gasteiger partial charge in [-0.3, -0.25) is 4.79 Å². The zero-order valence-electron chi connectivity index (χ0n) is 10.8. The predicted octanol–water partition coefficient (Wildman–Crippen LogP) is 3.99. The third kappa shape index (κ3) is 3.43. The number of hydrogen-bond acceptors (Lipinski definition) is 2. The van der Waals surface area contributed by atoms with Crippen molar-refractivity contribution in [2.45, 2.75) is 6.61 Å². The summed E-state index contributed by atoms with van der Waals surface area (Å²) in [6.07, 6.45) is 0. The van der Waals surface area contributed by atoms with E-state index < -0.39 is 11.7 Å². The number of amides is 1. The van der Waals surface area contributed by atoms with Gasteiger partial charge in [-0.15, -0.1) is 0 Å². The maximum atomic E-state index is 13.7. The molecule has 1 amide bonds. The standard InChI is InChI=1S/C15H13BrFNO2/c1-20-9-10-4-2-3-5-14(10)18-15(19)12-8-11(16)6-7-13(12)17/h2-8H,9H2,1H3,(H,18,19). The second-order valence-corrected chi connectivity index (χ2v) is 5.08. The minimum Gasteiger partial charge on any atom is -0.380 e. The molecule has 0 aliphatic heterocycles. The molecule has 2 aromatic rings. The predicted molar refractivity (Wildman–Crippen MR) is 79.2 cm³/mol. The normalized spacial score (nSPS) is 10.3. The molecule has 0 aliphatic rings. The molecular formula is C15H13BrFNO2. The van der Waals surface area contributed by atoms with E-state index in [1.807, 2.05) is 12.1 Å². The number of para-hydroxylation sites is 1. The summed E-state index contributed by atoms with van der Waals surface area (Å²) in [7, 11) is 1.58. The number of carbonyl (C=O) groups is 1. The van der Waals surface area contributed by atoms with Crippen LogP contribution in [0.4, 0.5) is 10.1 Å². The maximum Gasteiger partial charge on any atom is 0.258 e. The molecule has 0 saturated carbocycles. The lowest BCUT2D eigenvalue weighted by Crippen LogP contribution is -2.15. The molecule has 5 heteroatoms. The Hall–Kier alpha value is -1.72. The Labute approximate surface area is 124 Å². The minimum absolute atomic E-state index is 0.00778. The van der Waals surface area contributed by atoms with Gasteiger partial charge in [-0.25, -0.2) is 4.39 Å². The van der Waals surface area contributed by atoms with Crippen molar-refractivity contribution in [1.29, 1.82) is 0 Å². The molecule has 0 fully saturated rings. The van der Waals surface area contributed by atoms with Gasteiger partial charge in [-0.2, -0.15) is 0 Å². The lowest BCUT2D eigenvalue weighted by Gasteiger charge is -2.11. The van der Waals surface area contributed by atoms with E-state index in [1.54, 1.807) is 25.3 Å². The molecule has 0 bridgehead atoms. The molecule has 104 valence electrons. The number of hydrogen-bond donors (Lipinski definition) is 1. The van der Waals surface area contributed by atoms with Crippen LogP contribution in [0.5, 0.6) is 0 Å². The molecule has 0 unspecified atom stereocenters. The first-order valence-corrected chi connectivity index (χ1v) is 6.74. The van der Waals surface area contributed by atoms with Crippen LogP contribution in [0.3, 0.4) is 0 Å². The van der Waals surface area contributed by atoms with Gasteiger partial charge in [0.1, 0.15) is 5.82 Å². The Morgan fingerprint density at radius 2 is 2.05 bits per heavy atom. The van der Waals surface area contributed by atoms with Gasteiger partial charge in [-0.05, 0) is 24.3 Å². The number of halogens is 2. The minimum atomic E-state index is -0.560. The number of carbonyl (C=O) groups excluding carboxylic acids is 1. The fourth-order valence-corrected chi connectivity index (χ4v) is 2.15. The first-order valence-electron chi connectivity index (χ1n) is 5.95. The Morgan fingerprint density at radius 1 is 1.30 bits per heavy atom. The highest BCUT2D eigenvalue weighted by Crippen LogP contribution is 2.20. The molecule has 2 aromatic carbocycles. The van der Waals surface area contributed by atoms with Crippen molar-refractivity contribution in [3.63, 3.8) is 0 Å². The largest absolute Gasteiger partial charge is 0.380 e. The highest BCUT2D eigenvalue weighted by atomic mass is 79.9. The van der Waals surface area contributed by atoms with Crippen molar-refractivity contribution in [1.82, 2.24) is 0 Å². The summed E-state index contributed by atoms with van der Waals surface area (Å²) in [5, 5.41) is 2.70. The van der Waals surface area contributed by atoms with Gasteiger partial charge in [0.15, 0.2) is 0 Å². The Balaban J connectivity index is 2.26. The van der Waals surface area contributed by atoms with Crippen molar-refractivity contribution < 1.29 is 13.9 Å². The second-order valence-electron chi connectivity index (χ2n) is 4.17. The number of ether oxygens (including phenoxy) is 1. The first kappa shape index (κ1) is 14.7. The Bertz CT molecular complexity index is 631. The summed E-state index contributed by atoms with van der Waals surface area (Å²) < 4.78 is 19.4. The topological polar surface area (TPSA) is 38.3 Å². The van der Waals surface area contributed by atoms with Crippen LogP contribution in [0.25, 0.3) is 0 Å². The van der Waals surface area contributed by atoms with Gasteiger partial charge in [0.25, 0.3) is 5.91 Å². The van der Waals surface area contributed by atoms with Crippen molar-refractivity contribution in [3.05, 3.63) is 63.9 Å². The average Bonchev–Trinajstić information content (AvgIpc) is 2.44. The third-order valence-electron chi connectivity index (χ3n) is 2.74. The molecule has 0 saturated heterocycles. The van der Waals surface area contributed by atoms with E-state index in [0.29, 0.717) is 16.8 Å². The zero-order chi connectivity index (χ0) is 14.5. The number of benzene rings is 2. The molecule has 2 rings (SSSR count). The van der Waals surface area contributed by atoms with Crippen molar-refractivity contribution in [2.75, 3.05) is 12.4 Å². The molecule has 0 aliphatic carbocycles. The van der Waals surface area contributed by atoms with E-state index in [0.717, 1.165) is 5.56 Å².